The van der Waals surface area contributed by atoms with Gasteiger partial charge in [0.05, 0.1) is 5.56 Å². The van der Waals surface area contributed by atoms with Crippen LogP contribution >= 0.6 is 11.3 Å². The maximum atomic E-state index is 12.5. The van der Waals surface area contributed by atoms with Crippen molar-refractivity contribution in [2.24, 2.45) is 0 Å². The lowest BCUT2D eigenvalue weighted by Gasteiger charge is -2.26. The van der Waals surface area contributed by atoms with Gasteiger partial charge >= 0.3 is 0 Å². The Hall–Kier alpha value is -2.95. The summed E-state index contributed by atoms with van der Waals surface area (Å²) in [5.74, 6) is -0.275. The number of nitrogens with zero attached hydrogens (tertiary/aromatic N) is 4. The van der Waals surface area contributed by atoms with E-state index >= 15 is 0 Å². The summed E-state index contributed by atoms with van der Waals surface area (Å²) in [5.41, 5.74) is 3.32. The van der Waals surface area contributed by atoms with Crippen molar-refractivity contribution in [3.63, 3.8) is 0 Å². The Morgan fingerprint density at radius 3 is 2.86 bits per heavy atom. The highest BCUT2D eigenvalue weighted by Crippen LogP contribution is 2.37. The number of carbonyl (C=O) groups is 1. The van der Waals surface area contributed by atoms with Gasteiger partial charge in [0.15, 0.2) is 5.69 Å². The van der Waals surface area contributed by atoms with Crippen LogP contribution in [0, 0.1) is 11.3 Å². The predicted octanol–water partition coefficient (Wildman–Crippen LogP) is 3.65. The van der Waals surface area contributed by atoms with Gasteiger partial charge in [0.2, 0.25) is 0 Å². The molecule has 3 heterocycles. The van der Waals surface area contributed by atoms with E-state index in [1.807, 2.05) is 13.0 Å². The van der Waals surface area contributed by atoms with Crippen LogP contribution in [0.25, 0.3) is 0 Å². The third-order valence-corrected chi connectivity index (χ3v) is 6.05. The van der Waals surface area contributed by atoms with E-state index < -0.39 is 0 Å². The first-order chi connectivity index (χ1) is 13.7. The summed E-state index contributed by atoms with van der Waals surface area (Å²) < 4.78 is 1.71. The molecule has 1 amide bonds. The Labute approximate surface area is 168 Å². The normalized spacial score (nSPS) is 13.7. The quantitative estimate of drug-likeness (QED) is 0.720. The molecule has 4 rings (SSSR count). The van der Waals surface area contributed by atoms with Crippen LogP contribution in [0.3, 0.4) is 0 Å². The molecule has 0 aliphatic carbocycles. The van der Waals surface area contributed by atoms with Crippen molar-refractivity contribution >= 4 is 22.2 Å². The number of amides is 1. The molecule has 1 aliphatic rings. The molecule has 0 fully saturated rings. The molecule has 7 heteroatoms. The molecule has 28 heavy (non-hydrogen) atoms. The SMILES string of the molecule is CCn1ccc(C(=O)Nc2sc3c(c2C#N)CCN(Cc2ccccc2)C3)n1. The van der Waals surface area contributed by atoms with Gasteiger partial charge in [-0.15, -0.1) is 11.3 Å². The minimum absolute atomic E-state index is 0.275. The summed E-state index contributed by atoms with van der Waals surface area (Å²) in [6.45, 7) is 5.26. The zero-order chi connectivity index (χ0) is 19.5. The number of anilines is 1. The van der Waals surface area contributed by atoms with E-state index in [-0.39, 0.29) is 5.91 Å². The van der Waals surface area contributed by atoms with E-state index in [0.717, 1.165) is 36.5 Å². The number of rotatable bonds is 5. The van der Waals surface area contributed by atoms with Crippen molar-refractivity contribution < 1.29 is 4.79 Å². The van der Waals surface area contributed by atoms with E-state index in [4.69, 9.17) is 0 Å². The number of hydrogen-bond donors (Lipinski definition) is 1. The molecule has 142 valence electrons. The molecule has 1 aliphatic heterocycles. The highest BCUT2D eigenvalue weighted by molar-refractivity contribution is 7.16. The fourth-order valence-corrected chi connectivity index (χ4v) is 4.70. The van der Waals surface area contributed by atoms with Gasteiger partial charge < -0.3 is 5.32 Å². The molecule has 0 saturated carbocycles. The average Bonchev–Trinajstić information content (AvgIpc) is 3.32. The molecule has 6 nitrogen and oxygen atoms in total. The largest absolute Gasteiger partial charge is 0.311 e. The molecule has 0 spiro atoms. The van der Waals surface area contributed by atoms with Crippen LogP contribution in [-0.4, -0.2) is 27.1 Å². The van der Waals surface area contributed by atoms with Gasteiger partial charge in [-0.25, -0.2) is 0 Å². The molecule has 0 bridgehead atoms. The molecule has 1 aromatic carbocycles. The first kappa shape index (κ1) is 18.4. The predicted molar refractivity (Wildman–Crippen MR) is 109 cm³/mol. The molecule has 0 saturated heterocycles. The average molecular weight is 392 g/mol. The number of carbonyl (C=O) groups excluding carboxylic acids is 1. The number of aryl methyl sites for hydroxylation is 1. The fourth-order valence-electron chi connectivity index (χ4n) is 3.47. The van der Waals surface area contributed by atoms with E-state index in [9.17, 15) is 10.1 Å². The lowest BCUT2D eigenvalue weighted by molar-refractivity contribution is 0.102. The lowest BCUT2D eigenvalue weighted by Crippen LogP contribution is -2.29. The summed E-state index contributed by atoms with van der Waals surface area (Å²) >= 11 is 1.51. The second-order valence-corrected chi connectivity index (χ2v) is 7.88. The number of benzene rings is 1. The van der Waals surface area contributed by atoms with Crippen molar-refractivity contribution in [2.45, 2.75) is 33.0 Å². The monoisotopic (exact) mass is 391 g/mol. The van der Waals surface area contributed by atoms with Crippen LogP contribution in [0.2, 0.25) is 0 Å². The molecule has 0 unspecified atom stereocenters. The fraction of sp³-hybridized carbons (Fsp3) is 0.286. The summed E-state index contributed by atoms with van der Waals surface area (Å²) in [7, 11) is 0. The molecular weight excluding hydrogens is 370 g/mol. The van der Waals surface area contributed by atoms with Crippen LogP contribution < -0.4 is 5.32 Å². The topological polar surface area (TPSA) is 74.0 Å². The lowest BCUT2D eigenvalue weighted by atomic mass is 10.0. The summed E-state index contributed by atoms with van der Waals surface area (Å²) in [6, 6.07) is 14.4. The summed E-state index contributed by atoms with van der Waals surface area (Å²) in [5, 5.41) is 17.4. The third-order valence-electron chi connectivity index (χ3n) is 4.92. The van der Waals surface area contributed by atoms with E-state index in [1.54, 1.807) is 16.9 Å². The van der Waals surface area contributed by atoms with Gasteiger partial charge in [0.25, 0.3) is 5.91 Å². The van der Waals surface area contributed by atoms with Crippen molar-refractivity contribution in [1.29, 1.82) is 5.26 Å². The smallest absolute Gasteiger partial charge is 0.276 e. The van der Waals surface area contributed by atoms with Crippen molar-refractivity contribution in [3.8, 4) is 6.07 Å². The number of nitrogens with one attached hydrogen (secondary N) is 1. The second kappa shape index (κ2) is 7.97. The molecule has 2 aromatic heterocycles. The zero-order valence-electron chi connectivity index (χ0n) is 15.7. The molecule has 0 atom stereocenters. The number of fused-ring (bicyclic) bond motifs is 1. The first-order valence-electron chi connectivity index (χ1n) is 9.33. The highest BCUT2D eigenvalue weighted by Gasteiger charge is 2.25. The number of aromatic nitrogens is 2. The maximum absolute atomic E-state index is 12.5. The van der Waals surface area contributed by atoms with Crippen LogP contribution in [0.15, 0.2) is 42.6 Å². The van der Waals surface area contributed by atoms with Crippen LogP contribution in [0.4, 0.5) is 5.00 Å². The van der Waals surface area contributed by atoms with Crippen LogP contribution in [-0.2, 0) is 26.1 Å². The van der Waals surface area contributed by atoms with Gasteiger partial charge in [0.1, 0.15) is 11.1 Å². The molecular formula is C21H21N5OS. The Balaban J connectivity index is 1.51. The maximum Gasteiger partial charge on any atom is 0.276 e. The van der Waals surface area contributed by atoms with E-state index in [1.165, 1.54) is 16.9 Å². The Morgan fingerprint density at radius 2 is 2.14 bits per heavy atom. The Bertz CT molecular complexity index is 1030. The standard InChI is InChI=1S/C21H21N5OS/c1-2-26-11-9-18(24-26)20(27)23-21-17(12-22)16-8-10-25(14-19(16)28-21)13-15-6-4-3-5-7-15/h3-7,9,11H,2,8,10,13-14H2,1H3,(H,23,27). The molecule has 0 radical (unpaired) electrons. The number of hydrogen-bond acceptors (Lipinski definition) is 5. The third kappa shape index (κ3) is 3.70. The Morgan fingerprint density at radius 1 is 1.32 bits per heavy atom. The van der Waals surface area contributed by atoms with Gasteiger partial charge in [-0.3, -0.25) is 14.4 Å². The first-order valence-corrected chi connectivity index (χ1v) is 10.1. The zero-order valence-corrected chi connectivity index (χ0v) is 16.5. The molecule has 3 aromatic rings. The number of nitriles is 1. The van der Waals surface area contributed by atoms with Crippen molar-refractivity contribution in [1.82, 2.24) is 14.7 Å². The Kier molecular flexibility index (Phi) is 5.24. The van der Waals surface area contributed by atoms with Crippen LogP contribution in [0.5, 0.6) is 0 Å². The van der Waals surface area contributed by atoms with E-state index in [0.29, 0.717) is 22.8 Å². The highest BCUT2D eigenvalue weighted by atomic mass is 32.1. The summed E-state index contributed by atoms with van der Waals surface area (Å²) in [6.07, 6.45) is 2.60. The van der Waals surface area contributed by atoms with Gasteiger partial charge in [-0.2, -0.15) is 10.4 Å². The van der Waals surface area contributed by atoms with Gasteiger partial charge in [-0.05, 0) is 30.5 Å². The summed E-state index contributed by atoms with van der Waals surface area (Å²) in [4.78, 5) is 16.1. The van der Waals surface area contributed by atoms with Crippen LogP contribution in [0.1, 0.15) is 39.0 Å². The van der Waals surface area contributed by atoms with Crippen molar-refractivity contribution in [2.75, 3.05) is 11.9 Å². The minimum Gasteiger partial charge on any atom is -0.311 e. The van der Waals surface area contributed by atoms with Gasteiger partial charge in [-0.1, -0.05) is 30.3 Å². The number of thiophene rings is 1. The second-order valence-electron chi connectivity index (χ2n) is 6.78. The van der Waals surface area contributed by atoms with E-state index in [2.05, 4.69) is 45.7 Å². The van der Waals surface area contributed by atoms with Gasteiger partial charge in [0, 0.05) is 37.3 Å². The minimum atomic E-state index is -0.275. The molecule has 1 N–H and O–H groups in total. The van der Waals surface area contributed by atoms with Crippen molar-refractivity contribution in [3.05, 3.63) is 69.9 Å².